The number of amides is 2. The maximum atomic E-state index is 12.3. The minimum absolute atomic E-state index is 0.0539. The molecule has 0 saturated heterocycles. The van der Waals surface area contributed by atoms with Gasteiger partial charge in [0.1, 0.15) is 11.6 Å². The number of carboxylic acids is 1. The van der Waals surface area contributed by atoms with Crippen LogP contribution in [-0.2, 0) is 19.1 Å². The zero-order valence-electron chi connectivity index (χ0n) is 17.1. The maximum absolute atomic E-state index is 12.3. The smallest absolute Gasteiger partial charge is 0.343 e. The van der Waals surface area contributed by atoms with Gasteiger partial charge in [0.15, 0.2) is 11.5 Å². The van der Waals surface area contributed by atoms with Crippen molar-refractivity contribution in [3.05, 3.63) is 17.7 Å². The molecular weight excluding hydrogens is 416 g/mol. The van der Waals surface area contributed by atoms with Crippen LogP contribution in [0.1, 0.15) is 37.6 Å². The molecule has 1 aliphatic heterocycles. The summed E-state index contributed by atoms with van der Waals surface area (Å²) in [5, 5.41) is 14.1. The number of benzene rings is 1. The van der Waals surface area contributed by atoms with Crippen LogP contribution in [0, 0.1) is 0 Å². The first-order valence-corrected chi connectivity index (χ1v) is 10.2. The summed E-state index contributed by atoms with van der Waals surface area (Å²) in [6, 6.07) is 2.09. The van der Waals surface area contributed by atoms with Crippen LogP contribution in [0.15, 0.2) is 12.1 Å². The van der Waals surface area contributed by atoms with E-state index in [0.29, 0.717) is 11.5 Å². The summed E-state index contributed by atoms with van der Waals surface area (Å²) in [6.07, 6.45) is 0.0671. The van der Waals surface area contributed by atoms with E-state index in [2.05, 4.69) is 10.6 Å². The molecule has 0 saturated carbocycles. The van der Waals surface area contributed by atoms with Crippen LogP contribution in [-0.4, -0.2) is 59.3 Å². The molecule has 0 aromatic heterocycles. The van der Waals surface area contributed by atoms with Crippen molar-refractivity contribution >= 4 is 41.2 Å². The summed E-state index contributed by atoms with van der Waals surface area (Å²) >= 11 is 1.21. The standard InChI is InChI=1S/C19H24N2O8S/c1-10(22)20-12(17(24)25)9-30-8-7-14(23)21-11-5-6-13-16(15(11)18(26)27-4)29-19(2,3)28-13/h5-6,12H,7-9H2,1-4H3,(H,20,22)(H,21,23)(H,24,25). The molecule has 1 aromatic rings. The molecule has 1 atom stereocenters. The van der Waals surface area contributed by atoms with Gasteiger partial charge in [-0.1, -0.05) is 0 Å². The molecule has 11 heteroatoms. The first-order valence-electron chi connectivity index (χ1n) is 9.05. The number of fused-ring (bicyclic) bond motifs is 1. The van der Waals surface area contributed by atoms with Gasteiger partial charge in [-0.15, -0.1) is 0 Å². The molecule has 0 bridgehead atoms. The first kappa shape index (κ1) is 23.3. The molecule has 10 nitrogen and oxygen atoms in total. The SMILES string of the molecule is COC(=O)c1c(NC(=O)CCSCC(NC(C)=O)C(=O)O)ccc2c1OC(C)(C)O2. The van der Waals surface area contributed by atoms with E-state index in [1.807, 2.05) is 0 Å². The monoisotopic (exact) mass is 440 g/mol. The minimum Gasteiger partial charge on any atom is -0.480 e. The molecular formula is C19H24N2O8S. The lowest BCUT2D eigenvalue weighted by Gasteiger charge is -2.17. The van der Waals surface area contributed by atoms with Crippen molar-refractivity contribution in [2.75, 3.05) is 23.9 Å². The average Bonchev–Trinajstić information content (AvgIpc) is 2.96. The van der Waals surface area contributed by atoms with Crippen molar-refractivity contribution in [3.8, 4) is 11.5 Å². The second kappa shape index (κ2) is 9.70. The molecule has 1 unspecified atom stereocenters. The number of thioether (sulfide) groups is 1. The van der Waals surface area contributed by atoms with Gasteiger partial charge in [0, 0.05) is 38.7 Å². The number of carboxylic acid groups (broad SMARTS) is 1. The maximum Gasteiger partial charge on any atom is 0.343 e. The molecule has 3 N–H and O–H groups in total. The molecule has 2 rings (SSSR count). The fourth-order valence-corrected chi connectivity index (χ4v) is 3.64. The van der Waals surface area contributed by atoms with Crippen molar-refractivity contribution in [2.45, 2.75) is 39.0 Å². The van der Waals surface area contributed by atoms with Gasteiger partial charge < -0.3 is 30.0 Å². The van der Waals surface area contributed by atoms with Gasteiger partial charge >= 0.3 is 11.9 Å². The van der Waals surface area contributed by atoms with Crippen LogP contribution in [0.5, 0.6) is 11.5 Å². The Balaban J connectivity index is 2.00. The van der Waals surface area contributed by atoms with Gasteiger partial charge in [-0.3, -0.25) is 9.59 Å². The first-order chi connectivity index (χ1) is 14.0. The Labute approximate surface area is 177 Å². The Kier molecular flexibility index (Phi) is 7.54. The summed E-state index contributed by atoms with van der Waals surface area (Å²) in [5.41, 5.74) is 0.275. The van der Waals surface area contributed by atoms with Gasteiger partial charge in [-0.2, -0.15) is 11.8 Å². The number of rotatable bonds is 9. The number of carbonyl (C=O) groups is 4. The van der Waals surface area contributed by atoms with Gasteiger partial charge in [0.25, 0.3) is 0 Å². The highest BCUT2D eigenvalue weighted by Gasteiger charge is 2.37. The van der Waals surface area contributed by atoms with E-state index < -0.39 is 29.7 Å². The van der Waals surface area contributed by atoms with Crippen molar-refractivity contribution in [1.82, 2.24) is 5.32 Å². The largest absolute Gasteiger partial charge is 0.480 e. The molecule has 0 spiro atoms. The number of nitrogens with one attached hydrogen (secondary N) is 2. The third-order valence-electron chi connectivity index (χ3n) is 3.92. The molecule has 2 amide bonds. The predicted octanol–water partition coefficient (Wildman–Crippen LogP) is 1.63. The Morgan fingerprint density at radius 2 is 1.93 bits per heavy atom. The Hall–Kier alpha value is -2.95. The molecule has 0 fully saturated rings. The predicted molar refractivity (Wildman–Crippen MR) is 109 cm³/mol. The van der Waals surface area contributed by atoms with E-state index in [0.717, 1.165) is 0 Å². The summed E-state index contributed by atoms with van der Waals surface area (Å²) in [5.74, 6) is -2.61. The summed E-state index contributed by atoms with van der Waals surface area (Å²) < 4.78 is 16.1. The molecule has 0 aliphatic carbocycles. The van der Waals surface area contributed by atoms with Crippen LogP contribution in [0.2, 0.25) is 0 Å². The molecule has 1 heterocycles. The van der Waals surface area contributed by atoms with Crippen molar-refractivity contribution in [1.29, 1.82) is 0 Å². The van der Waals surface area contributed by atoms with E-state index in [4.69, 9.17) is 19.3 Å². The van der Waals surface area contributed by atoms with Crippen LogP contribution >= 0.6 is 11.8 Å². The van der Waals surface area contributed by atoms with Crippen LogP contribution in [0.4, 0.5) is 5.69 Å². The third kappa shape index (κ3) is 6.02. The topological polar surface area (TPSA) is 140 Å². The molecule has 1 aromatic carbocycles. The van der Waals surface area contributed by atoms with E-state index in [9.17, 15) is 19.2 Å². The highest BCUT2D eigenvalue weighted by atomic mass is 32.2. The fourth-order valence-electron chi connectivity index (χ4n) is 2.68. The number of hydrogen-bond donors (Lipinski definition) is 3. The summed E-state index contributed by atoms with van der Waals surface area (Å²) in [4.78, 5) is 46.7. The van der Waals surface area contributed by atoms with Gasteiger partial charge in [-0.25, -0.2) is 9.59 Å². The Morgan fingerprint density at radius 1 is 1.23 bits per heavy atom. The highest BCUT2D eigenvalue weighted by Crippen LogP contribution is 2.45. The summed E-state index contributed by atoms with van der Waals surface area (Å²) in [6.45, 7) is 4.61. The number of aliphatic carboxylic acids is 1. The second-order valence-electron chi connectivity index (χ2n) is 6.88. The molecule has 1 aliphatic rings. The Morgan fingerprint density at radius 3 is 2.53 bits per heavy atom. The third-order valence-corrected chi connectivity index (χ3v) is 4.98. The average molecular weight is 440 g/mol. The molecule has 30 heavy (non-hydrogen) atoms. The lowest BCUT2D eigenvalue weighted by molar-refractivity contribution is -0.140. The number of anilines is 1. The van der Waals surface area contributed by atoms with E-state index >= 15 is 0 Å². The number of hydrogen-bond acceptors (Lipinski definition) is 8. The van der Waals surface area contributed by atoms with Gasteiger partial charge in [-0.05, 0) is 12.1 Å². The Bertz CT molecular complexity index is 855. The minimum atomic E-state index is -1.15. The van der Waals surface area contributed by atoms with E-state index in [-0.39, 0.29) is 35.1 Å². The number of methoxy groups -OCH3 is 1. The zero-order valence-corrected chi connectivity index (χ0v) is 17.9. The lowest BCUT2D eigenvalue weighted by atomic mass is 10.1. The summed E-state index contributed by atoms with van der Waals surface area (Å²) in [7, 11) is 1.22. The highest BCUT2D eigenvalue weighted by molar-refractivity contribution is 7.99. The van der Waals surface area contributed by atoms with Gasteiger partial charge in [0.05, 0.1) is 12.8 Å². The van der Waals surface area contributed by atoms with Crippen LogP contribution in [0.3, 0.4) is 0 Å². The van der Waals surface area contributed by atoms with Crippen LogP contribution in [0.25, 0.3) is 0 Å². The van der Waals surface area contributed by atoms with Crippen molar-refractivity contribution in [3.63, 3.8) is 0 Å². The van der Waals surface area contributed by atoms with E-state index in [1.165, 1.54) is 31.9 Å². The van der Waals surface area contributed by atoms with Crippen LogP contribution < -0.4 is 20.1 Å². The number of carbonyl (C=O) groups excluding carboxylic acids is 3. The second-order valence-corrected chi connectivity index (χ2v) is 8.03. The van der Waals surface area contributed by atoms with E-state index in [1.54, 1.807) is 19.9 Å². The van der Waals surface area contributed by atoms with Gasteiger partial charge in [0.2, 0.25) is 17.6 Å². The molecule has 0 radical (unpaired) electrons. The number of esters is 1. The van der Waals surface area contributed by atoms with Crippen molar-refractivity contribution < 1.29 is 38.5 Å². The molecule has 164 valence electrons. The lowest BCUT2D eigenvalue weighted by Crippen LogP contribution is -2.41. The zero-order chi connectivity index (χ0) is 22.5. The van der Waals surface area contributed by atoms with Crippen molar-refractivity contribution in [2.24, 2.45) is 0 Å². The normalized spacial score (nSPS) is 14.5. The fraction of sp³-hybridized carbons (Fsp3) is 0.474. The number of ether oxygens (including phenoxy) is 3. The quantitative estimate of drug-likeness (QED) is 0.386.